The van der Waals surface area contributed by atoms with E-state index in [0.29, 0.717) is 5.69 Å². The van der Waals surface area contributed by atoms with Crippen LogP contribution in [0.25, 0.3) is 5.69 Å². The highest BCUT2D eigenvalue weighted by Crippen LogP contribution is 2.24. The van der Waals surface area contributed by atoms with Crippen molar-refractivity contribution in [3.05, 3.63) is 47.8 Å². The average molecular weight is 326 g/mol. The van der Waals surface area contributed by atoms with Crippen molar-refractivity contribution in [1.82, 2.24) is 15.1 Å². The summed E-state index contributed by atoms with van der Waals surface area (Å²) in [5.41, 5.74) is 7.60. The summed E-state index contributed by atoms with van der Waals surface area (Å²) in [4.78, 5) is 24.1. The van der Waals surface area contributed by atoms with Crippen molar-refractivity contribution >= 4 is 11.8 Å². The summed E-state index contributed by atoms with van der Waals surface area (Å²) in [6.07, 6.45) is 3.48. The highest BCUT2D eigenvalue weighted by atomic mass is 16.2. The first kappa shape index (κ1) is 16.2. The lowest BCUT2D eigenvalue weighted by Gasteiger charge is -2.29. The van der Waals surface area contributed by atoms with Crippen LogP contribution in [0.5, 0.6) is 0 Å². The quantitative estimate of drug-likeness (QED) is 0.900. The monoisotopic (exact) mass is 326 g/mol. The first-order valence-corrected chi connectivity index (χ1v) is 8.28. The molecule has 0 bridgehead atoms. The molecule has 0 aliphatic heterocycles. The zero-order chi connectivity index (χ0) is 17.1. The molecule has 1 aromatic heterocycles. The van der Waals surface area contributed by atoms with Gasteiger partial charge in [0.25, 0.3) is 5.91 Å². The Morgan fingerprint density at radius 2 is 1.92 bits per heavy atom. The lowest BCUT2D eigenvalue weighted by molar-refractivity contribution is -0.123. The van der Waals surface area contributed by atoms with E-state index in [1.165, 1.54) is 0 Å². The number of carbonyl (C=O) groups excluding carboxylic acids is 2. The molecule has 0 radical (unpaired) electrons. The van der Waals surface area contributed by atoms with E-state index in [4.69, 9.17) is 5.73 Å². The Morgan fingerprint density at radius 3 is 2.62 bits per heavy atom. The predicted octanol–water partition coefficient (Wildman–Crippen LogP) is 1.95. The van der Waals surface area contributed by atoms with Gasteiger partial charge in [-0.05, 0) is 38.0 Å². The number of benzene rings is 1. The molecule has 1 heterocycles. The average Bonchev–Trinajstić information content (AvgIpc) is 2.98. The van der Waals surface area contributed by atoms with Crippen molar-refractivity contribution in [2.45, 2.75) is 38.6 Å². The number of nitrogens with one attached hydrogen (secondary N) is 1. The van der Waals surface area contributed by atoms with E-state index in [1.54, 1.807) is 10.7 Å². The second-order valence-electron chi connectivity index (χ2n) is 6.29. The molecule has 0 spiro atoms. The van der Waals surface area contributed by atoms with Gasteiger partial charge in [0, 0.05) is 11.7 Å². The van der Waals surface area contributed by atoms with E-state index in [9.17, 15) is 9.59 Å². The van der Waals surface area contributed by atoms with E-state index in [2.05, 4.69) is 10.4 Å². The molecule has 3 N–H and O–H groups in total. The van der Waals surface area contributed by atoms with Crippen LogP contribution in [-0.2, 0) is 4.79 Å². The van der Waals surface area contributed by atoms with E-state index in [-0.39, 0.29) is 23.8 Å². The maximum absolute atomic E-state index is 12.5. The van der Waals surface area contributed by atoms with Crippen LogP contribution in [0.1, 0.15) is 41.9 Å². The largest absolute Gasteiger partial charge is 0.369 e. The van der Waals surface area contributed by atoms with Gasteiger partial charge >= 0.3 is 0 Å². The van der Waals surface area contributed by atoms with Crippen LogP contribution in [0.2, 0.25) is 0 Å². The third-order valence-electron chi connectivity index (χ3n) is 4.57. The number of nitrogens with zero attached hydrogens (tertiary/aromatic N) is 2. The van der Waals surface area contributed by atoms with E-state index in [1.807, 2.05) is 37.3 Å². The van der Waals surface area contributed by atoms with Gasteiger partial charge in [0.2, 0.25) is 5.91 Å². The molecule has 2 atom stereocenters. The standard InChI is InChI=1S/C18H22N4O2/c1-12-11-16(21-22(12)13-7-3-2-4-8-13)18(24)20-15-10-6-5-9-14(15)17(19)23/h2-4,7-8,11,14-15H,5-6,9-10H2,1H3,(H2,19,23)(H,20,24)/t14-,15+/m0/s1. The van der Waals surface area contributed by atoms with E-state index in [0.717, 1.165) is 37.1 Å². The number of primary amides is 1. The molecule has 2 amide bonds. The highest BCUT2D eigenvalue weighted by Gasteiger charge is 2.31. The Hall–Kier alpha value is -2.63. The fraction of sp³-hybridized carbons (Fsp3) is 0.389. The Bertz CT molecular complexity index is 739. The topological polar surface area (TPSA) is 90.0 Å². The zero-order valence-electron chi connectivity index (χ0n) is 13.7. The summed E-state index contributed by atoms with van der Waals surface area (Å²) in [6.45, 7) is 1.91. The SMILES string of the molecule is Cc1cc(C(=O)N[C@@H]2CCCC[C@@H]2C(N)=O)nn1-c1ccccc1. The third kappa shape index (κ3) is 3.32. The van der Waals surface area contributed by atoms with Crippen molar-refractivity contribution in [2.24, 2.45) is 11.7 Å². The molecule has 24 heavy (non-hydrogen) atoms. The molecular weight excluding hydrogens is 304 g/mol. The molecule has 1 aliphatic rings. The molecule has 0 saturated heterocycles. The van der Waals surface area contributed by atoms with E-state index >= 15 is 0 Å². The van der Waals surface area contributed by atoms with Gasteiger partial charge in [-0.15, -0.1) is 0 Å². The zero-order valence-corrected chi connectivity index (χ0v) is 13.7. The summed E-state index contributed by atoms with van der Waals surface area (Å²) >= 11 is 0. The summed E-state index contributed by atoms with van der Waals surface area (Å²) in [7, 11) is 0. The van der Waals surface area contributed by atoms with Crippen molar-refractivity contribution < 1.29 is 9.59 Å². The Morgan fingerprint density at radius 1 is 1.21 bits per heavy atom. The summed E-state index contributed by atoms with van der Waals surface area (Å²) in [6, 6.07) is 11.2. The molecule has 1 saturated carbocycles. The first-order chi connectivity index (χ1) is 11.6. The number of amides is 2. The van der Waals surface area contributed by atoms with Gasteiger partial charge in [-0.1, -0.05) is 31.0 Å². The third-order valence-corrected chi connectivity index (χ3v) is 4.57. The van der Waals surface area contributed by atoms with Crippen LogP contribution in [-0.4, -0.2) is 27.6 Å². The summed E-state index contributed by atoms with van der Waals surface area (Å²) in [5, 5.41) is 7.35. The first-order valence-electron chi connectivity index (χ1n) is 8.28. The Labute approximate surface area is 141 Å². The van der Waals surface area contributed by atoms with Crippen LogP contribution in [0.15, 0.2) is 36.4 Å². The second-order valence-corrected chi connectivity index (χ2v) is 6.29. The van der Waals surface area contributed by atoms with Crippen molar-refractivity contribution in [3.63, 3.8) is 0 Å². The maximum atomic E-state index is 12.5. The normalized spacial score (nSPS) is 20.5. The lowest BCUT2D eigenvalue weighted by Crippen LogP contribution is -2.47. The number of hydrogen-bond donors (Lipinski definition) is 2. The molecule has 0 unspecified atom stereocenters. The number of carbonyl (C=O) groups is 2. The van der Waals surface area contributed by atoms with Crippen LogP contribution in [0.4, 0.5) is 0 Å². The number of aromatic nitrogens is 2. The van der Waals surface area contributed by atoms with Gasteiger partial charge in [-0.2, -0.15) is 5.10 Å². The van der Waals surface area contributed by atoms with Crippen LogP contribution < -0.4 is 11.1 Å². The van der Waals surface area contributed by atoms with Gasteiger partial charge in [-0.25, -0.2) is 4.68 Å². The molecule has 1 aromatic carbocycles. The lowest BCUT2D eigenvalue weighted by atomic mass is 9.84. The number of para-hydroxylation sites is 1. The minimum absolute atomic E-state index is 0.203. The number of aryl methyl sites for hydroxylation is 1. The van der Waals surface area contributed by atoms with E-state index < -0.39 is 0 Å². The van der Waals surface area contributed by atoms with Crippen LogP contribution in [0, 0.1) is 12.8 Å². The number of rotatable bonds is 4. The minimum Gasteiger partial charge on any atom is -0.369 e. The summed E-state index contributed by atoms with van der Waals surface area (Å²) in [5.74, 6) is -0.892. The van der Waals surface area contributed by atoms with Crippen molar-refractivity contribution in [1.29, 1.82) is 0 Å². The summed E-state index contributed by atoms with van der Waals surface area (Å²) < 4.78 is 1.74. The highest BCUT2D eigenvalue weighted by molar-refractivity contribution is 5.93. The fourth-order valence-corrected chi connectivity index (χ4v) is 3.30. The van der Waals surface area contributed by atoms with Crippen LogP contribution in [0.3, 0.4) is 0 Å². The minimum atomic E-state index is -0.342. The number of nitrogens with two attached hydrogens (primary N) is 1. The Kier molecular flexibility index (Phi) is 4.64. The van der Waals surface area contributed by atoms with Gasteiger partial charge < -0.3 is 11.1 Å². The molecule has 1 fully saturated rings. The molecule has 6 nitrogen and oxygen atoms in total. The van der Waals surface area contributed by atoms with Gasteiger partial charge in [0.1, 0.15) is 0 Å². The molecule has 2 aromatic rings. The smallest absolute Gasteiger partial charge is 0.272 e. The second kappa shape index (κ2) is 6.86. The van der Waals surface area contributed by atoms with Gasteiger partial charge in [0.15, 0.2) is 5.69 Å². The maximum Gasteiger partial charge on any atom is 0.272 e. The van der Waals surface area contributed by atoms with Crippen molar-refractivity contribution in [3.8, 4) is 5.69 Å². The molecule has 6 heteroatoms. The molecular formula is C18H22N4O2. The number of hydrogen-bond acceptors (Lipinski definition) is 3. The van der Waals surface area contributed by atoms with Gasteiger partial charge in [0.05, 0.1) is 11.6 Å². The Balaban J connectivity index is 1.77. The van der Waals surface area contributed by atoms with Gasteiger partial charge in [-0.3, -0.25) is 9.59 Å². The molecule has 3 rings (SSSR count). The molecule has 1 aliphatic carbocycles. The van der Waals surface area contributed by atoms with Crippen molar-refractivity contribution in [2.75, 3.05) is 0 Å². The van der Waals surface area contributed by atoms with Crippen LogP contribution >= 0.6 is 0 Å². The molecule has 126 valence electrons. The fourth-order valence-electron chi connectivity index (χ4n) is 3.30. The predicted molar refractivity (Wildman–Crippen MR) is 90.7 cm³/mol.